The van der Waals surface area contributed by atoms with Gasteiger partial charge < -0.3 is 5.11 Å². The lowest BCUT2D eigenvalue weighted by Gasteiger charge is -2.37. The second kappa shape index (κ2) is 5.94. The van der Waals surface area contributed by atoms with Gasteiger partial charge in [-0.15, -0.1) is 0 Å². The van der Waals surface area contributed by atoms with Crippen LogP contribution in [0.3, 0.4) is 0 Å². The van der Waals surface area contributed by atoms with E-state index in [1.807, 2.05) is 0 Å². The maximum atomic E-state index is 12.6. The number of phenolic OH excluding ortho intramolecular Hbond substituents is 1. The van der Waals surface area contributed by atoms with Crippen molar-refractivity contribution in [3.63, 3.8) is 0 Å². The lowest BCUT2D eigenvalue weighted by molar-refractivity contribution is 0.139. The van der Waals surface area contributed by atoms with Crippen LogP contribution in [0.1, 0.15) is 25.7 Å². The van der Waals surface area contributed by atoms with Gasteiger partial charge in [0.2, 0.25) is 10.0 Å². The van der Waals surface area contributed by atoms with E-state index in [0.717, 1.165) is 13.1 Å². The van der Waals surface area contributed by atoms with E-state index in [4.69, 9.17) is 0 Å². The van der Waals surface area contributed by atoms with Gasteiger partial charge in [0, 0.05) is 32.2 Å². The second-order valence-corrected chi connectivity index (χ2v) is 7.81. The molecule has 2 aliphatic rings. The normalized spacial score (nSPS) is 22.7. The largest absolute Gasteiger partial charge is 0.508 e. The third-order valence-corrected chi connectivity index (χ3v) is 6.46. The third-order valence-electron chi connectivity index (χ3n) is 4.57. The fourth-order valence-electron chi connectivity index (χ4n) is 3.37. The van der Waals surface area contributed by atoms with Gasteiger partial charge in [-0.05, 0) is 31.0 Å². The maximum Gasteiger partial charge on any atom is 0.243 e. The molecule has 2 fully saturated rings. The van der Waals surface area contributed by atoms with Crippen molar-refractivity contribution in [1.82, 2.24) is 9.21 Å². The number of phenols is 1. The zero-order valence-corrected chi connectivity index (χ0v) is 12.9. The minimum atomic E-state index is -3.48. The molecule has 0 amide bonds. The molecule has 0 bridgehead atoms. The summed E-state index contributed by atoms with van der Waals surface area (Å²) in [6.45, 7) is 2.69. The summed E-state index contributed by atoms with van der Waals surface area (Å²) in [6.07, 6.45) is 5.09. The first-order valence-corrected chi connectivity index (χ1v) is 9.04. The van der Waals surface area contributed by atoms with E-state index < -0.39 is 10.0 Å². The van der Waals surface area contributed by atoms with Crippen LogP contribution in [-0.2, 0) is 10.0 Å². The van der Waals surface area contributed by atoms with Crippen LogP contribution < -0.4 is 0 Å². The first-order chi connectivity index (χ1) is 10.1. The fraction of sp³-hybridized carbons (Fsp3) is 0.600. The summed E-state index contributed by atoms with van der Waals surface area (Å²) in [5, 5.41) is 9.47. The van der Waals surface area contributed by atoms with Gasteiger partial charge >= 0.3 is 0 Å². The van der Waals surface area contributed by atoms with Gasteiger partial charge in [0.25, 0.3) is 0 Å². The number of benzene rings is 1. The molecule has 116 valence electrons. The Labute approximate surface area is 126 Å². The minimum absolute atomic E-state index is 0.0133. The van der Waals surface area contributed by atoms with E-state index in [0.29, 0.717) is 19.1 Å². The van der Waals surface area contributed by atoms with Gasteiger partial charge in [0.05, 0.1) is 4.90 Å². The van der Waals surface area contributed by atoms with Gasteiger partial charge in [-0.3, -0.25) is 4.90 Å². The molecule has 21 heavy (non-hydrogen) atoms. The molecule has 1 heterocycles. The van der Waals surface area contributed by atoms with Crippen molar-refractivity contribution < 1.29 is 13.5 Å². The van der Waals surface area contributed by atoms with Crippen LogP contribution in [0.4, 0.5) is 0 Å². The number of sulfonamides is 1. The molecule has 1 aromatic rings. The van der Waals surface area contributed by atoms with Crippen molar-refractivity contribution in [3.8, 4) is 5.75 Å². The Morgan fingerprint density at radius 3 is 2.33 bits per heavy atom. The minimum Gasteiger partial charge on any atom is -0.508 e. The maximum absolute atomic E-state index is 12.6. The summed E-state index contributed by atoms with van der Waals surface area (Å²) in [7, 11) is -3.48. The van der Waals surface area contributed by atoms with E-state index in [1.54, 1.807) is 12.1 Å². The van der Waals surface area contributed by atoms with Crippen LogP contribution in [0, 0.1) is 0 Å². The molecular weight excluding hydrogens is 288 g/mol. The van der Waals surface area contributed by atoms with E-state index >= 15 is 0 Å². The predicted octanol–water partition coefficient (Wildman–Crippen LogP) is 1.64. The highest BCUT2D eigenvalue weighted by Crippen LogP contribution is 2.26. The Kier molecular flexibility index (Phi) is 4.19. The van der Waals surface area contributed by atoms with Gasteiger partial charge in [0.15, 0.2) is 0 Å². The summed E-state index contributed by atoms with van der Waals surface area (Å²) in [5.41, 5.74) is 0. The number of rotatable bonds is 3. The monoisotopic (exact) mass is 310 g/mol. The third kappa shape index (κ3) is 3.07. The molecular formula is C15H22N2O3S. The van der Waals surface area contributed by atoms with E-state index in [1.165, 1.54) is 42.1 Å². The Bertz CT molecular complexity index is 589. The predicted molar refractivity (Wildman–Crippen MR) is 80.7 cm³/mol. The quantitative estimate of drug-likeness (QED) is 0.922. The van der Waals surface area contributed by atoms with Gasteiger partial charge in [-0.25, -0.2) is 8.42 Å². The van der Waals surface area contributed by atoms with Gasteiger partial charge in [-0.1, -0.05) is 18.9 Å². The van der Waals surface area contributed by atoms with E-state index in [9.17, 15) is 13.5 Å². The lowest BCUT2D eigenvalue weighted by atomic mass is 10.2. The molecule has 0 unspecified atom stereocenters. The smallest absolute Gasteiger partial charge is 0.243 e. The summed E-state index contributed by atoms with van der Waals surface area (Å²) >= 11 is 0. The number of piperazine rings is 1. The summed E-state index contributed by atoms with van der Waals surface area (Å²) < 4.78 is 26.7. The van der Waals surface area contributed by atoms with Gasteiger partial charge in [0.1, 0.15) is 5.75 Å². The molecule has 1 aliphatic carbocycles. The van der Waals surface area contributed by atoms with E-state index in [2.05, 4.69) is 4.90 Å². The van der Waals surface area contributed by atoms with Crippen molar-refractivity contribution in [3.05, 3.63) is 24.3 Å². The van der Waals surface area contributed by atoms with Crippen LogP contribution in [0.25, 0.3) is 0 Å². The van der Waals surface area contributed by atoms with Crippen LogP contribution >= 0.6 is 0 Å². The Balaban J connectivity index is 1.68. The van der Waals surface area contributed by atoms with Gasteiger partial charge in [-0.2, -0.15) is 4.31 Å². The summed E-state index contributed by atoms with van der Waals surface area (Å²) in [4.78, 5) is 2.61. The summed E-state index contributed by atoms with van der Waals surface area (Å²) in [6, 6.07) is 6.56. The van der Waals surface area contributed by atoms with Crippen LogP contribution in [0.2, 0.25) is 0 Å². The van der Waals surface area contributed by atoms with Crippen LogP contribution in [0.5, 0.6) is 5.75 Å². The van der Waals surface area contributed by atoms with Crippen molar-refractivity contribution in [1.29, 1.82) is 0 Å². The Hall–Kier alpha value is -1.11. The lowest BCUT2D eigenvalue weighted by Crippen LogP contribution is -2.51. The van der Waals surface area contributed by atoms with Crippen molar-refractivity contribution in [2.75, 3.05) is 26.2 Å². The number of nitrogens with zero attached hydrogens (tertiary/aromatic N) is 2. The molecule has 0 atom stereocenters. The zero-order valence-electron chi connectivity index (χ0n) is 12.1. The molecule has 3 rings (SSSR count). The molecule has 1 aromatic carbocycles. The molecule has 1 saturated heterocycles. The SMILES string of the molecule is O=S(=O)(c1cccc(O)c1)N1CCN(C2CCCC2)CC1. The van der Waals surface area contributed by atoms with Crippen molar-refractivity contribution in [2.45, 2.75) is 36.6 Å². The highest BCUT2D eigenvalue weighted by molar-refractivity contribution is 7.89. The highest BCUT2D eigenvalue weighted by atomic mass is 32.2. The number of hydrogen-bond acceptors (Lipinski definition) is 4. The molecule has 5 nitrogen and oxygen atoms in total. The zero-order chi connectivity index (χ0) is 14.9. The highest BCUT2D eigenvalue weighted by Gasteiger charge is 2.31. The molecule has 0 spiro atoms. The average molecular weight is 310 g/mol. The molecule has 0 aromatic heterocycles. The Morgan fingerprint density at radius 2 is 1.71 bits per heavy atom. The topological polar surface area (TPSA) is 60.9 Å². The number of aromatic hydroxyl groups is 1. The van der Waals surface area contributed by atoms with Crippen LogP contribution in [-0.4, -0.2) is 55.0 Å². The van der Waals surface area contributed by atoms with Crippen LogP contribution in [0.15, 0.2) is 29.2 Å². The first-order valence-electron chi connectivity index (χ1n) is 7.60. The molecule has 0 radical (unpaired) electrons. The molecule has 1 saturated carbocycles. The van der Waals surface area contributed by atoms with E-state index in [-0.39, 0.29) is 10.6 Å². The Morgan fingerprint density at radius 1 is 1.05 bits per heavy atom. The first kappa shape index (κ1) is 14.8. The molecule has 6 heteroatoms. The molecule has 1 aliphatic heterocycles. The fourth-order valence-corrected chi connectivity index (χ4v) is 4.83. The standard InChI is InChI=1S/C15H22N2O3S/c18-14-6-3-7-15(12-14)21(19,20)17-10-8-16(9-11-17)13-4-1-2-5-13/h3,6-7,12-13,18H,1-2,4-5,8-11H2. The van der Waals surface area contributed by atoms with Crippen molar-refractivity contribution in [2.24, 2.45) is 0 Å². The average Bonchev–Trinajstić information content (AvgIpc) is 3.02. The summed E-state index contributed by atoms with van der Waals surface area (Å²) in [5.74, 6) is -0.0133. The number of hydrogen-bond donors (Lipinski definition) is 1. The second-order valence-electron chi connectivity index (χ2n) is 5.88. The van der Waals surface area contributed by atoms with Crippen molar-refractivity contribution >= 4 is 10.0 Å². The molecule has 1 N–H and O–H groups in total.